The molecule has 0 radical (unpaired) electrons. The second kappa shape index (κ2) is 3.46. The maximum Gasteiger partial charge on any atom is 0.153 e. The fraction of sp³-hybridized carbons (Fsp3) is 0.778. The number of aromatic nitrogens is 3. The average molecular weight is 181 g/mol. The first-order chi connectivity index (χ1) is 6.29. The van der Waals surface area contributed by atoms with Gasteiger partial charge in [-0.15, -0.1) is 0 Å². The smallest absolute Gasteiger partial charge is 0.153 e. The monoisotopic (exact) mass is 181 g/mol. The number of aliphatic hydroxyl groups excluding tert-OH is 1. The molecule has 2 rings (SSSR count). The van der Waals surface area contributed by atoms with Gasteiger partial charge in [0.1, 0.15) is 5.82 Å². The first-order valence-corrected chi connectivity index (χ1v) is 4.88. The van der Waals surface area contributed by atoms with Crippen molar-refractivity contribution in [3.05, 3.63) is 11.6 Å². The standard InChI is InChI=1S/C9H15N3O/c1-2-3-8-10-9(12-11-8)6-4-7(13)5-6/h6-7,13H,2-5H2,1H3,(H,10,11,12). The second-order valence-electron chi connectivity index (χ2n) is 3.71. The highest BCUT2D eigenvalue weighted by Crippen LogP contribution is 2.34. The van der Waals surface area contributed by atoms with Crippen LogP contribution in [-0.4, -0.2) is 26.4 Å². The van der Waals surface area contributed by atoms with Gasteiger partial charge in [0.25, 0.3) is 0 Å². The highest BCUT2D eigenvalue weighted by molar-refractivity contribution is 5.04. The third-order valence-corrected chi connectivity index (χ3v) is 2.51. The van der Waals surface area contributed by atoms with Gasteiger partial charge in [0.15, 0.2) is 5.82 Å². The number of nitrogens with one attached hydrogen (secondary N) is 1. The Morgan fingerprint density at radius 3 is 2.92 bits per heavy atom. The lowest BCUT2D eigenvalue weighted by Crippen LogP contribution is -2.27. The highest BCUT2D eigenvalue weighted by Gasteiger charge is 2.31. The third kappa shape index (κ3) is 1.72. The van der Waals surface area contributed by atoms with E-state index >= 15 is 0 Å². The van der Waals surface area contributed by atoms with Crippen LogP contribution < -0.4 is 0 Å². The van der Waals surface area contributed by atoms with Crippen LogP contribution in [0.3, 0.4) is 0 Å². The zero-order valence-electron chi connectivity index (χ0n) is 7.82. The summed E-state index contributed by atoms with van der Waals surface area (Å²) in [4.78, 5) is 4.38. The van der Waals surface area contributed by atoms with Gasteiger partial charge in [0.05, 0.1) is 6.10 Å². The molecule has 1 aromatic heterocycles. The molecule has 13 heavy (non-hydrogen) atoms. The first-order valence-electron chi connectivity index (χ1n) is 4.88. The first kappa shape index (κ1) is 8.69. The van der Waals surface area contributed by atoms with Gasteiger partial charge in [0.2, 0.25) is 0 Å². The van der Waals surface area contributed by atoms with E-state index in [9.17, 15) is 0 Å². The van der Waals surface area contributed by atoms with Crippen LogP contribution in [0.2, 0.25) is 0 Å². The fourth-order valence-electron chi connectivity index (χ4n) is 1.64. The Hall–Kier alpha value is -0.900. The van der Waals surface area contributed by atoms with Crippen LogP contribution >= 0.6 is 0 Å². The molecule has 0 saturated heterocycles. The number of H-pyrrole nitrogens is 1. The van der Waals surface area contributed by atoms with Crippen LogP contribution in [0, 0.1) is 0 Å². The molecule has 2 N–H and O–H groups in total. The summed E-state index contributed by atoms with van der Waals surface area (Å²) in [5.74, 6) is 2.24. The quantitative estimate of drug-likeness (QED) is 0.731. The molecule has 1 aliphatic rings. The van der Waals surface area contributed by atoms with Crippen molar-refractivity contribution in [2.45, 2.75) is 44.6 Å². The molecule has 0 aliphatic heterocycles. The Morgan fingerprint density at radius 2 is 2.31 bits per heavy atom. The summed E-state index contributed by atoms with van der Waals surface area (Å²) in [7, 11) is 0. The molecule has 4 heteroatoms. The van der Waals surface area contributed by atoms with Crippen LogP contribution in [-0.2, 0) is 6.42 Å². The zero-order valence-corrected chi connectivity index (χ0v) is 7.82. The minimum absolute atomic E-state index is 0.127. The Morgan fingerprint density at radius 1 is 1.54 bits per heavy atom. The summed E-state index contributed by atoms with van der Waals surface area (Å²) < 4.78 is 0. The maximum absolute atomic E-state index is 9.12. The van der Waals surface area contributed by atoms with Gasteiger partial charge in [-0.3, -0.25) is 5.10 Å². The van der Waals surface area contributed by atoms with Gasteiger partial charge in [0, 0.05) is 12.3 Å². The number of aliphatic hydroxyl groups is 1. The van der Waals surface area contributed by atoms with E-state index in [1.54, 1.807) is 0 Å². The van der Waals surface area contributed by atoms with Crippen molar-refractivity contribution in [1.82, 2.24) is 15.2 Å². The van der Waals surface area contributed by atoms with Crippen molar-refractivity contribution in [2.75, 3.05) is 0 Å². The minimum Gasteiger partial charge on any atom is -0.393 e. The lowest BCUT2D eigenvalue weighted by atomic mass is 9.82. The summed E-state index contributed by atoms with van der Waals surface area (Å²) in [6.45, 7) is 2.12. The van der Waals surface area contributed by atoms with Gasteiger partial charge in [-0.1, -0.05) is 6.92 Å². The van der Waals surface area contributed by atoms with Crippen LogP contribution in [0.4, 0.5) is 0 Å². The number of rotatable bonds is 3. The van der Waals surface area contributed by atoms with E-state index in [0.29, 0.717) is 5.92 Å². The second-order valence-corrected chi connectivity index (χ2v) is 3.71. The lowest BCUT2D eigenvalue weighted by molar-refractivity contribution is 0.0718. The maximum atomic E-state index is 9.12. The Labute approximate surface area is 77.4 Å². The Balaban J connectivity index is 1.97. The molecule has 1 fully saturated rings. The minimum atomic E-state index is -0.127. The van der Waals surface area contributed by atoms with Crippen molar-refractivity contribution < 1.29 is 5.11 Å². The predicted octanol–water partition coefficient (Wildman–Crippen LogP) is 0.995. The molecular weight excluding hydrogens is 166 g/mol. The summed E-state index contributed by atoms with van der Waals surface area (Å²) >= 11 is 0. The van der Waals surface area contributed by atoms with E-state index in [2.05, 4.69) is 22.1 Å². The summed E-state index contributed by atoms with van der Waals surface area (Å²) in [5.41, 5.74) is 0. The molecule has 0 bridgehead atoms. The molecular formula is C9H15N3O. The fourth-order valence-corrected chi connectivity index (χ4v) is 1.64. The van der Waals surface area contributed by atoms with Crippen molar-refractivity contribution in [3.8, 4) is 0 Å². The lowest BCUT2D eigenvalue weighted by Gasteiger charge is -2.28. The number of hydrogen-bond acceptors (Lipinski definition) is 3. The van der Waals surface area contributed by atoms with E-state index in [0.717, 1.165) is 37.3 Å². The van der Waals surface area contributed by atoms with Crippen molar-refractivity contribution in [2.24, 2.45) is 0 Å². The van der Waals surface area contributed by atoms with E-state index in [1.807, 2.05) is 0 Å². The Bertz CT molecular complexity index is 278. The van der Waals surface area contributed by atoms with Gasteiger partial charge >= 0.3 is 0 Å². The van der Waals surface area contributed by atoms with Gasteiger partial charge in [-0.25, -0.2) is 4.98 Å². The van der Waals surface area contributed by atoms with E-state index in [-0.39, 0.29) is 6.10 Å². The molecule has 1 aromatic rings. The summed E-state index contributed by atoms with van der Waals surface area (Å²) in [5, 5.41) is 16.2. The number of nitrogens with zero attached hydrogens (tertiary/aromatic N) is 2. The number of aromatic amines is 1. The number of aryl methyl sites for hydroxylation is 1. The van der Waals surface area contributed by atoms with Crippen molar-refractivity contribution in [3.63, 3.8) is 0 Å². The van der Waals surface area contributed by atoms with Crippen molar-refractivity contribution in [1.29, 1.82) is 0 Å². The normalized spacial score (nSPS) is 27.2. The molecule has 0 unspecified atom stereocenters. The molecule has 0 atom stereocenters. The topological polar surface area (TPSA) is 61.8 Å². The predicted molar refractivity (Wildman–Crippen MR) is 48.4 cm³/mol. The van der Waals surface area contributed by atoms with E-state index < -0.39 is 0 Å². The van der Waals surface area contributed by atoms with Gasteiger partial charge < -0.3 is 5.11 Å². The molecule has 0 aromatic carbocycles. The Kier molecular flexibility index (Phi) is 2.31. The van der Waals surface area contributed by atoms with Crippen molar-refractivity contribution >= 4 is 0 Å². The SMILES string of the molecule is CCCc1nc(C2CC(O)C2)n[nH]1. The zero-order chi connectivity index (χ0) is 9.26. The highest BCUT2D eigenvalue weighted by atomic mass is 16.3. The van der Waals surface area contributed by atoms with Crippen LogP contribution in [0.25, 0.3) is 0 Å². The van der Waals surface area contributed by atoms with Gasteiger partial charge in [-0.05, 0) is 19.3 Å². The van der Waals surface area contributed by atoms with E-state index in [1.165, 1.54) is 0 Å². The molecule has 1 saturated carbocycles. The van der Waals surface area contributed by atoms with Crippen LogP contribution in [0.1, 0.15) is 43.8 Å². The average Bonchev–Trinajstić information content (AvgIpc) is 2.48. The molecule has 4 nitrogen and oxygen atoms in total. The van der Waals surface area contributed by atoms with Crippen LogP contribution in [0.5, 0.6) is 0 Å². The molecule has 0 spiro atoms. The number of hydrogen-bond donors (Lipinski definition) is 2. The molecule has 1 aliphatic carbocycles. The van der Waals surface area contributed by atoms with Crippen LogP contribution in [0.15, 0.2) is 0 Å². The summed E-state index contributed by atoms with van der Waals surface area (Å²) in [6.07, 6.45) is 3.56. The molecule has 1 heterocycles. The molecule has 0 amide bonds. The van der Waals surface area contributed by atoms with E-state index in [4.69, 9.17) is 5.11 Å². The molecule has 72 valence electrons. The van der Waals surface area contributed by atoms with Gasteiger partial charge in [-0.2, -0.15) is 5.10 Å². The largest absolute Gasteiger partial charge is 0.393 e. The summed E-state index contributed by atoms with van der Waals surface area (Å²) in [6, 6.07) is 0. The third-order valence-electron chi connectivity index (χ3n) is 2.51.